The van der Waals surface area contributed by atoms with E-state index in [1.807, 2.05) is 24.3 Å². The van der Waals surface area contributed by atoms with Gasteiger partial charge in [0.2, 0.25) is 0 Å². The summed E-state index contributed by atoms with van der Waals surface area (Å²) in [4.78, 5) is 15.8. The van der Waals surface area contributed by atoms with Crippen molar-refractivity contribution in [1.82, 2.24) is 16.0 Å². The molecule has 2 rings (SSSR count). The van der Waals surface area contributed by atoms with Crippen molar-refractivity contribution in [2.24, 2.45) is 4.99 Å². The fourth-order valence-electron chi connectivity index (χ4n) is 2.25. The van der Waals surface area contributed by atoms with Crippen molar-refractivity contribution in [2.75, 3.05) is 20.6 Å². The molecule has 3 N–H and O–H groups in total. The van der Waals surface area contributed by atoms with Crippen molar-refractivity contribution in [2.45, 2.75) is 19.4 Å². The third-order valence-electron chi connectivity index (χ3n) is 3.81. The highest BCUT2D eigenvalue weighted by atomic mass is 32.1. The lowest BCUT2D eigenvalue weighted by molar-refractivity contribution is 0.0963. The molecule has 1 atom stereocenters. The van der Waals surface area contributed by atoms with Gasteiger partial charge in [0, 0.05) is 32.7 Å². The zero-order valence-corrected chi connectivity index (χ0v) is 15.1. The molecule has 0 aliphatic carbocycles. The van der Waals surface area contributed by atoms with Crippen molar-refractivity contribution in [3.05, 3.63) is 57.8 Å². The molecular formula is C18H24N4OS. The summed E-state index contributed by atoms with van der Waals surface area (Å²) in [6.07, 6.45) is 0. The number of thiophene rings is 1. The molecule has 6 heteroatoms. The molecule has 1 amide bonds. The van der Waals surface area contributed by atoms with Crippen LogP contribution in [0.3, 0.4) is 0 Å². The van der Waals surface area contributed by atoms with E-state index in [-0.39, 0.29) is 5.91 Å². The van der Waals surface area contributed by atoms with Gasteiger partial charge in [-0.05, 0) is 46.0 Å². The lowest BCUT2D eigenvalue weighted by atomic mass is 10.1. The van der Waals surface area contributed by atoms with Crippen LogP contribution < -0.4 is 16.0 Å². The van der Waals surface area contributed by atoms with Gasteiger partial charge in [-0.1, -0.05) is 19.1 Å². The van der Waals surface area contributed by atoms with E-state index in [0.29, 0.717) is 18.0 Å². The minimum Gasteiger partial charge on any atom is -0.356 e. The lowest BCUT2D eigenvalue weighted by Crippen LogP contribution is -2.38. The first-order valence-electron chi connectivity index (χ1n) is 7.91. The number of nitrogens with zero attached hydrogens (tertiary/aromatic N) is 1. The normalized spacial score (nSPS) is 12.5. The maximum absolute atomic E-state index is 11.5. The third kappa shape index (κ3) is 5.09. The summed E-state index contributed by atoms with van der Waals surface area (Å²) in [5, 5.41) is 13.5. The summed E-state index contributed by atoms with van der Waals surface area (Å²) >= 11 is 1.72. The standard InChI is InChI=1S/C18H24N4OS/c1-13(16-8-9-24-12-16)10-21-18(20-3)22-11-14-4-6-15(7-5-14)17(23)19-2/h4-9,12-13H,10-11H2,1-3H3,(H,19,23)(H2,20,21,22). The largest absolute Gasteiger partial charge is 0.356 e. The lowest BCUT2D eigenvalue weighted by Gasteiger charge is -2.15. The van der Waals surface area contributed by atoms with E-state index in [1.165, 1.54) is 5.56 Å². The van der Waals surface area contributed by atoms with Gasteiger partial charge in [0.05, 0.1) is 0 Å². The van der Waals surface area contributed by atoms with E-state index >= 15 is 0 Å². The van der Waals surface area contributed by atoms with Gasteiger partial charge in [-0.2, -0.15) is 11.3 Å². The van der Waals surface area contributed by atoms with Crippen LogP contribution in [0.25, 0.3) is 0 Å². The molecule has 128 valence electrons. The number of benzene rings is 1. The maximum atomic E-state index is 11.5. The van der Waals surface area contributed by atoms with Crippen LogP contribution in [0.4, 0.5) is 0 Å². The molecule has 0 saturated carbocycles. The summed E-state index contributed by atoms with van der Waals surface area (Å²) in [6.45, 7) is 3.67. The minimum absolute atomic E-state index is 0.0746. The van der Waals surface area contributed by atoms with Crippen molar-refractivity contribution in [1.29, 1.82) is 0 Å². The molecule has 24 heavy (non-hydrogen) atoms. The highest BCUT2D eigenvalue weighted by Gasteiger charge is 2.07. The number of guanidine groups is 1. The van der Waals surface area contributed by atoms with Crippen LogP contribution in [0.5, 0.6) is 0 Å². The fraction of sp³-hybridized carbons (Fsp3) is 0.333. The first kappa shape index (κ1) is 18.0. The maximum Gasteiger partial charge on any atom is 0.251 e. The summed E-state index contributed by atoms with van der Waals surface area (Å²) in [5.41, 5.74) is 3.09. The Morgan fingerprint density at radius 1 is 1.21 bits per heavy atom. The van der Waals surface area contributed by atoms with Gasteiger partial charge in [0.1, 0.15) is 0 Å². The number of aliphatic imine (C=N–C) groups is 1. The Morgan fingerprint density at radius 2 is 1.96 bits per heavy atom. The second-order valence-corrected chi connectivity index (χ2v) is 6.32. The molecule has 1 heterocycles. The van der Waals surface area contributed by atoms with Crippen molar-refractivity contribution in [3.8, 4) is 0 Å². The Balaban J connectivity index is 1.82. The summed E-state index contributed by atoms with van der Waals surface area (Å²) in [6, 6.07) is 9.69. The van der Waals surface area contributed by atoms with Crippen LogP contribution >= 0.6 is 11.3 Å². The van der Waals surface area contributed by atoms with Gasteiger partial charge in [-0.15, -0.1) is 0 Å². The Bertz CT molecular complexity index is 665. The van der Waals surface area contributed by atoms with Crippen LogP contribution in [-0.4, -0.2) is 32.5 Å². The second-order valence-electron chi connectivity index (χ2n) is 5.54. The minimum atomic E-state index is -0.0746. The number of hydrogen-bond acceptors (Lipinski definition) is 3. The van der Waals surface area contributed by atoms with Crippen molar-refractivity contribution in [3.63, 3.8) is 0 Å². The fourth-order valence-corrected chi connectivity index (χ4v) is 3.03. The molecule has 0 aliphatic rings. The Kier molecular flexibility index (Phi) is 6.81. The number of carbonyl (C=O) groups is 1. The molecular weight excluding hydrogens is 320 g/mol. The van der Waals surface area contributed by atoms with Gasteiger partial charge < -0.3 is 16.0 Å². The molecule has 0 spiro atoms. The van der Waals surface area contributed by atoms with E-state index in [1.54, 1.807) is 25.4 Å². The Hall–Kier alpha value is -2.34. The second kappa shape index (κ2) is 9.08. The van der Waals surface area contributed by atoms with Crippen LogP contribution in [0.15, 0.2) is 46.1 Å². The molecule has 0 fully saturated rings. The highest BCUT2D eigenvalue weighted by Crippen LogP contribution is 2.16. The summed E-state index contributed by atoms with van der Waals surface area (Å²) in [5.74, 6) is 1.13. The predicted molar refractivity (Wildman–Crippen MR) is 101 cm³/mol. The number of carbonyl (C=O) groups excluding carboxylic acids is 1. The SMILES string of the molecule is CN=C(NCc1ccc(C(=O)NC)cc1)NCC(C)c1ccsc1. The molecule has 2 aromatic rings. The number of rotatable bonds is 6. The topological polar surface area (TPSA) is 65.5 Å². The molecule has 1 aromatic carbocycles. The quantitative estimate of drug-likeness (QED) is 0.557. The van der Waals surface area contributed by atoms with Crippen LogP contribution in [0.1, 0.15) is 34.3 Å². The summed E-state index contributed by atoms with van der Waals surface area (Å²) in [7, 11) is 3.39. The van der Waals surface area contributed by atoms with Crippen LogP contribution in [0, 0.1) is 0 Å². The number of amides is 1. The molecule has 0 radical (unpaired) electrons. The van der Waals surface area contributed by atoms with Gasteiger partial charge >= 0.3 is 0 Å². The zero-order chi connectivity index (χ0) is 17.4. The molecule has 1 unspecified atom stereocenters. The van der Waals surface area contributed by atoms with Gasteiger partial charge in [0.25, 0.3) is 5.91 Å². The summed E-state index contributed by atoms with van der Waals surface area (Å²) < 4.78 is 0. The average Bonchev–Trinajstić information content (AvgIpc) is 3.16. The molecule has 0 saturated heterocycles. The highest BCUT2D eigenvalue weighted by molar-refractivity contribution is 7.07. The first-order chi connectivity index (χ1) is 11.6. The van der Waals surface area contributed by atoms with E-state index in [9.17, 15) is 4.79 Å². The van der Waals surface area contributed by atoms with E-state index in [4.69, 9.17) is 0 Å². The third-order valence-corrected chi connectivity index (χ3v) is 4.52. The van der Waals surface area contributed by atoms with Crippen molar-refractivity contribution >= 4 is 23.2 Å². The van der Waals surface area contributed by atoms with E-state index in [0.717, 1.165) is 18.1 Å². The first-order valence-corrected chi connectivity index (χ1v) is 8.86. The van der Waals surface area contributed by atoms with Crippen LogP contribution in [0.2, 0.25) is 0 Å². The number of nitrogens with one attached hydrogen (secondary N) is 3. The van der Waals surface area contributed by atoms with E-state index in [2.05, 4.69) is 44.7 Å². The number of hydrogen-bond donors (Lipinski definition) is 3. The molecule has 1 aromatic heterocycles. The molecule has 0 bridgehead atoms. The monoisotopic (exact) mass is 344 g/mol. The Labute approximate surface area is 147 Å². The average molecular weight is 344 g/mol. The molecule has 0 aliphatic heterocycles. The van der Waals surface area contributed by atoms with Gasteiger partial charge in [0.15, 0.2) is 5.96 Å². The van der Waals surface area contributed by atoms with E-state index < -0.39 is 0 Å². The van der Waals surface area contributed by atoms with Gasteiger partial charge in [-0.3, -0.25) is 9.79 Å². The van der Waals surface area contributed by atoms with Crippen LogP contribution in [-0.2, 0) is 6.54 Å². The zero-order valence-electron chi connectivity index (χ0n) is 14.3. The van der Waals surface area contributed by atoms with Gasteiger partial charge in [-0.25, -0.2) is 0 Å². The Morgan fingerprint density at radius 3 is 2.54 bits per heavy atom. The predicted octanol–water partition coefficient (Wildman–Crippen LogP) is 2.58. The molecule has 5 nitrogen and oxygen atoms in total. The smallest absolute Gasteiger partial charge is 0.251 e. The van der Waals surface area contributed by atoms with Crippen molar-refractivity contribution < 1.29 is 4.79 Å².